The molecule has 2 aromatic carbocycles. The third-order valence-corrected chi connectivity index (χ3v) is 4.72. The Labute approximate surface area is 170 Å². The molecule has 1 atom stereocenters. The summed E-state index contributed by atoms with van der Waals surface area (Å²) in [7, 11) is 0. The van der Waals surface area contributed by atoms with E-state index in [2.05, 4.69) is 5.32 Å². The monoisotopic (exact) mass is 405 g/mol. The number of nitrogens with one attached hydrogen (secondary N) is 1. The van der Waals surface area contributed by atoms with E-state index in [1.165, 1.54) is 12.1 Å². The van der Waals surface area contributed by atoms with E-state index < -0.39 is 17.5 Å². The molecule has 0 aromatic heterocycles. The number of rotatable bonds is 8. The number of aryl methyl sites for hydroxylation is 1. The first-order chi connectivity index (χ1) is 13.1. The number of hydrogen-bond acceptors (Lipinski definition) is 3. The average Bonchev–Trinajstić information content (AvgIpc) is 2.60. The predicted molar refractivity (Wildman–Crippen MR) is 108 cm³/mol. The smallest absolute Gasteiger partial charge is 0.261 e. The molecule has 1 N–H and O–H groups in total. The number of halogens is 2. The van der Waals surface area contributed by atoms with Gasteiger partial charge in [0.2, 0.25) is 0 Å². The van der Waals surface area contributed by atoms with E-state index in [0.717, 1.165) is 5.56 Å². The van der Waals surface area contributed by atoms with E-state index in [-0.39, 0.29) is 16.7 Å². The summed E-state index contributed by atoms with van der Waals surface area (Å²) < 4.78 is 19.0. The van der Waals surface area contributed by atoms with Crippen LogP contribution in [0, 0.1) is 5.82 Å². The standard InChI is InChI=1S/C22H25ClFNO3/c1-14(26)5-6-16-7-10-18(11-8-16)28-15(2)21(27)25-22(3,4)19-12-9-17(24)13-20(19)23/h7-13,15H,5-6H2,1-4H3,(H,25,27). The van der Waals surface area contributed by atoms with Crippen molar-refractivity contribution in [3.8, 4) is 5.75 Å². The molecular formula is C22H25ClFNO3. The van der Waals surface area contributed by atoms with Crippen LogP contribution in [0.1, 0.15) is 45.2 Å². The van der Waals surface area contributed by atoms with Crippen molar-refractivity contribution in [1.29, 1.82) is 0 Å². The zero-order valence-corrected chi connectivity index (χ0v) is 17.3. The van der Waals surface area contributed by atoms with Crippen molar-refractivity contribution in [2.24, 2.45) is 0 Å². The summed E-state index contributed by atoms with van der Waals surface area (Å²) >= 11 is 6.12. The predicted octanol–water partition coefficient (Wildman–Crippen LogP) is 4.82. The van der Waals surface area contributed by atoms with Gasteiger partial charge < -0.3 is 14.8 Å². The van der Waals surface area contributed by atoms with Crippen LogP contribution in [0.5, 0.6) is 5.75 Å². The maximum Gasteiger partial charge on any atom is 0.261 e. The van der Waals surface area contributed by atoms with Gasteiger partial charge in [0.15, 0.2) is 6.10 Å². The van der Waals surface area contributed by atoms with Crippen LogP contribution in [0.25, 0.3) is 0 Å². The Balaban J connectivity index is 1.99. The molecule has 4 nitrogen and oxygen atoms in total. The van der Waals surface area contributed by atoms with Gasteiger partial charge in [0, 0.05) is 11.4 Å². The van der Waals surface area contributed by atoms with Gasteiger partial charge >= 0.3 is 0 Å². The highest BCUT2D eigenvalue weighted by atomic mass is 35.5. The lowest BCUT2D eigenvalue weighted by atomic mass is 9.94. The lowest BCUT2D eigenvalue weighted by Crippen LogP contribution is -2.46. The van der Waals surface area contributed by atoms with Crippen molar-refractivity contribution >= 4 is 23.3 Å². The number of carbonyl (C=O) groups excluding carboxylic acids is 2. The normalized spacial score (nSPS) is 12.4. The Hall–Kier alpha value is -2.40. The van der Waals surface area contributed by atoms with Gasteiger partial charge in [-0.15, -0.1) is 0 Å². The van der Waals surface area contributed by atoms with E-state index in [9.17, 15) is 14.0 Å². The average molecular weight is 406 g/mol. The van der Waals surface area contributed by atoms with Gasteiger partial charge in [0.05, 0.1) is 5.54 Å². The van der Waals surface area contributed by atoms with Crippen LogP contribution in [0.3, 0.4) is 0 Å². The summed E-state index contributed by atoms with van der Waals surface area (Å²) in [6, 6.07) is 11.4. The van der Waals surface area contributed by atoms with Gasteiger partial charge in [-0.1, -0.05) is 29.8 Å². The Bertz CT molecular complexity index is 849. The summed E-state index contributed by atoms with van der Waals surface area (Å²) in [5.74, 6) is -0.0355. The molecule has 0 aliphatic carbocycles. The topological polar surface area (TPSA) is 55.4 Å². The van der Waals surface area contributed by atoms with Gasteiger partial charge in [0.1, 0.15) is 17.3 Å². The second-order valence-electron chi connectivity index (χ2n) is 7.34. The lowest BCUT2D eigenvalue weighted by Gasteiger charge is -2.29. The van der Waals surface area contributed by atoms with Crippen molar-refractivity contribution in [3.05, 3.63) is 64.4 Å². The van der Waals surface area contributed by atoms with E-state index >= 15 is 0 Å². The van der Waals surface area contributed by atoms with Crippen LogP contribution in [0.4, 0.5) is 4.39 Å². The zero-order valence-electron chi connectivity index (χ0n) is 16.5. The third kappa shape index (κ3) is 6.06. The highest BCUT2D eigenvalue weighted by Crippen LogP contribution is 2.28. The molecule has 0 fully saturated rings. The van der Waals surface area contributed by atoms with Crippen LogP contribution in [-0.4, -0.2) is 17.8 Å². The van der Waals surface area contributed by atoms with Gasteiger partial charge in [-0.05, 0) is 69.5 Å². The summed E-state index contributed by atoms with van der Waals surface area (Å²) in [5, 5.41) is 3.14. The molecule has 0 radical (unpaired) electrons. The molecule has 0 heterocycles. The van der Waals surface area contributed by atoms with Crippen LogP contribution < -0.4 is 10.1 Å². The first kappa shape index (κ1) is 21.9. The number of benzene rings is 2. The fourth-order valence-corrected chi connectivity index (χ4v) is 3.19. The molecule has 6 heteroatoms. The second-order valence-corrected chi connectivity index (χ2v) is 7.75. The lowest BCUT2D eigenvalue weighted by molar-refractivity contribution is -0.129. The molecule has 1 unspecified atom stereocenters. The molecule has 0 bridgehead atoms. The van der Waals surface area contributed by atoms with Crippen molar-refractivity contribution in [2.75, 3.05) is 0 Å². The second kappa shape index (κ2) is 9.20. The fraction of sp³-hybridized carbons (Fsp3) is 0.364. The minimum atomic E-state index is -0.796. The van der Waals surface area contributed by atoms with Gasteiger partial charge in [-0.2, -0.15) is 0 Å². The molecule has 2 rings (SSSR count). The molecular weight excluding hydrogens is 381 g/mol. The van der Waals surface area contributed by atoms with E-state index in [1.54, 1.807) is 45.9 Å². The SMILES string of the molecule is CC(=O)CCc1ccc(OC(C)C(=O)NC(C)(C)c2ccc(F)cc2Cl)cc1. The number of ketones is 1. The molecule has 0 spiro atoms. The molecule has 28 heavy (non-hydrogen) atoms. The van der Waals surface area contributed by atoms with Gasteiger partial charge in [-0.3, -0.25) is 4.79 Å². The number of amides is 1. The highest BCUT2D eigenvalue weighted by molar-refractivity contribution is 6.31. The fourth-order valence-electron chi connectivity index (χ4n) is 2.79. The summed E-state index contributed by atoms with van der Waals surface area (Å²) in [4.78, 5) is 23.6. The van der Waals surface area contributed by atoms with Crippen LogP contribution in [0.2, 0.25) is 5.02 Å². The minimum absolute atomic E-state index is 0.148. The van der Waals surface area contributed by atoms with Crippen molar-refractivity contribution < 1.29 is 18.7 Å². The molecule has 0 saturated carbocycles. The van der Waals surface area contributed by atoms with Gasteiger partial charge in [0.25, 0.3) is 5.91 Å². The minimum Gasteiger partial charge on any atom is -0.481 e. The Kier molecular flexibility index (Phi) is 7.19. The Morgan fingerprint density at radius 1 is 1.18 bits per heavy atom. The maximum absolute atomic E-state index is 13.3. The quantitative estimate of drug-likeness (QED) is 0.685. The number of carbonyl (C=O) groups is 2. The van der Waals surface area contributed by atoms with Crippen molar-refractivity contribution in [3.63, 3.8) is 0 Å². The van der Waals surface area contributed by atoms with Crippen LogP contribution in [0.15, 0.2) is 42.5 Å². The van der Waals surface area contributed by atoms with Gasteiger partial charge in [-0.25, -0.2) is 4.39 Å². The largest absolute Gasteiger partial charge is 0.481 e. The maximum atomic E-state index is 13.3. The molecule has 150 valence electrons. The molecule has 0 aliphatic heterocycles. The zero-order chi connectivity index (χ0) is 20.9. The van der Waals surface area contributed by atoms with E-state index in [4.69, 9.17) is 16.3 Å². The summed E-state index contributed by atoms with van der Waals surface area (Å²) in [5.41, 5.74) is 0.855. The van der Waals surface area contributed by atoms with E-state index in [1.807, 2.05) is 12.1 Å². The molecule has 2 aromatic rings. The number of Topliss-reactive ketones (excluding diaryl/α,β-unsaturated/α-hetero) is 1. The first-order valence-corrected chi connectivity index (χ1v) is 9.49. The molecule has 1 amide bonds. The van der Waals surface area contributed by atoms with Crippen molar-refractivity contribution in [2.45, 2.75) is 52.2 Å². The van der Waals surface area contributed by atoms with Crippen LogP contribution in [-0.2, 0) is 21.5 Å². The Morgan fingerprint density at radius 2 is 1.82 bits per heavy atom. The third-order valence-electron chi connectivity index (χ3n) is 4.41. The highest BCUT2D eigenvalue weighted by Gasteiger charge is 2.28. The number of hydrogen-bond donors (Lipinski definition) is 1. The molecule has 0 aliphatic rings. The summed E-state index contributed by atoms with van der Waals surface area (Å²) in [6.07, 6.45) is 0.444. The van der Waals surface area contributed by atoms with Crippen molar-refractivity contribution in [1.82, 2.24) is 5.32 Å². The van der Waals surface area contributed by atoms with E-state index in [0.29, 0.717) is 24.2 Å². The summed E-state index contributed by atoms with van der Waals surface area (Å²) in [6.45, 7) is 6.81. The van der Waals surface area contributed by atoms with Crippen LogP contribution >= 0.6 is 11.6 Å². The molecule has 0 saturated heterocycles. The number of ether oxygens (including phenoxy) is 1. The first-order valence-electron chi connectivity index (χ1n) is 9.11. The Morgan fingerprint density at radius 3 is 2.39 bits per heavy atom.